The topological polar surface area (TPSA) is 69.2 Å². The standard InChI is InChI=1S/BrO3.K/c2-1(3)4;/q-1;+1. The van der Waals surface area contributed by atoms with Gasteiger partial charge in [-0.05, 0) is 0 Å². The van der Waals surface area contributed by atoms with Crippen molar-refractivity contribution in [1.82, 2.24) is 0 Å². The van der Waals surface area contributed by atoms with Crippen LogP contribution in [0.1, 0.15) is 0 Å². The summed E-state index contributed by atoms with van der Waals surface area (Å²) in [6.45, 7) is 0. The first kappa shape index (κ1) is 10.1. The molecular weight excluding hydrogens is 167 g/mol. The summed E-state index contributed by atoms with van der Waals surface area (Å²) < 4.78 is 25.6. The molecule has 3 nitrogen and oxygen atoms in total. The van der Waals surface area contributed by atoms with Crippen LogP contribution in [0.4, 0.5) is 0 Å². The molecule has 26 valence electrons. The molecule has 0 aromatic carbocycles. The molecule has 0 amide bonds. The first-order valence-corrected chi connectivity index (χ1v) is 2.41. The molecule has 0 unspecified atom stereocenters. The molecule has 0 aliphatic heterocycles. The largest absolute Gasteiger partial charge is 1.00 e. The summed E-state index contributed by atoms with van der Waals surface area (Å²) >= 11 is -3.65. The van der Waals surface area contributed by atoms with Crippen molar-refractivity contribution in [3.05, 3.63) is 0 Å². The van der Waals surface area contributed by atoms with Gasteiger partial charge in [-0.15, -0.1) is 0 Å². The zero-order valence-corrected chi connectivity index (χ0v) is 7.31. The molecule has 0 heterocycles. The molecule has 5 heteroatoms. The van der Waals surface area contributed by atoms with E-state index in [1.54, 1.807) is 0 Å². The van der Waals surface area contributed by atoms with Crippen LogP contribution in [-0.4, -0.2) is 0 Å². The number of hydrogen-bond acceptors (Lipinski definition) is 3. The molecule has 0 N–H and O–H groups in total. The van der Waals surface area contributed by atoms with E-state index in [1.807, 2.05) is 0 Å². The van der Waals surface area contributed by atoms with E-state index in [4.69, 9.17) is 12.6 Å². The van der Waals surface area contributed by atoms with E-state index in [2.05, 4.69) is 0 Å². The monoisotopic (exact) mass is 166 g/mol. The van der Waals surface area contributed by atoms with Gasteiger partial charge in [0, 0.05) is 0 Å². The average Bonchev–Trinajstić information content (AvgIpc) is 0.811. The predicted octanol–water partition coefficient (Wildman–Crippen LogP) is -6.56. The fraction of sp³-hybridized carbons (Fsp3) is 0. The van der Waals surface area contributed by atoms with Crippen molar-refractivity contribution in [3.63, 3.8) is 0 Å². The van der Waals surface area contributed by atoms with Gasteiger partial charge in [0.2, 0.25) is 14.8 Å². The van der Waals surface area contributed by atoms with Crippen molar-refractivity contribution in [1.29, 1.82) is 0 Å². The Morgan fingerprint density at radius 3 is 1.00 bits per heavy atom. The van der Waals surface area contributed by atoms with E-state index < -0.39 is 14.8 Å². The molecule has 0 bridgehead atoms. The third kappa shape index (κ3) is 24.0. The molecule has 0 aromatic heterocycles. The predicted molar refractivity (Wildman–Crippen MR) is 0 cm³/mol. The van der Waals surface area contributed by atoms with Crippen molar-refractivity contribution in [2.24, 2.45) is 0 Å². The summed E-state index contributed by atoms with van der Waals surface area (Å²) in [5.74, 6) is 0. The van der Waals surface area contributed by atoms with Gasteiger partial charge in [0.15, 0.2) is 0 Å². The average molecular weight is 167 g/mol. The molecule has 0 radical (unpaired) electrons. The molecule has 0 saturated carbocycles. The van der Waals surface area contributed by atoms with Crippen LogP contribution < -0.4 is 64.0 Å². The molecule has 5 heavy (non-hydrogen) atoms. The molecule has 0 aliphatic rings. The van der Waals surface area contributed by atoms with Gasteiger partial charge in [-0.2, -0.15) is 0 Å². The van der Waals surface area contributed by atoms with Crippen LogP contribution in [0.5, 0.6) is 0 Å². The quantitative estimate of drug-likeness (QED) is 0.337. The summed E-state index contributed by atoms with van der Waals surface area (Å²) in [4.78, 5) is 0. The van der Waals surface area contributed by atoms with Crippen LogP contribution in [-0.2, 0) is 0 Å². The van der Waals surface area contributed by atoms with Crippen molar-refractivity contribution in [2.45, 2.75) is 0 Å². The van der Waals surface area contributed by atoms with Crippen molar-refractivity contribution in [2.75, 3.05) is 0 Å². The Morgan fingerprint density at radius 1 is 1.00 bits per heavy atom. The summed E-state index contributed by atoms with van der Waals surface area (Å²) in [7, 11) is 0. The van der Waals surface area contributed by atoms with Crippen molar-refractivity contribution in [3.8, 4) is 0 Å². The number of halogens is 1. The van der Waals surface area contributed by atoms with Crippen LogP contribution in [0.2, 0.25) is 0 Å². The van der Waals surface area contributed by atoms with Gasteiger partial charge in [-0.1, -0.05) is 0 Å². The molecular formula is BrKO3. The fourth-order valence-electron chi connectivity index (χ4n) is 0. The Kier molecular flexibility index (Phi) is 12.1. The minimum Gasteiger partial charge on any atom is -0.405 e. The van der Waals surface area contributed by atoms with E-state index >= 15 is 0 Å². The smallest absolute Gasteiger partial charge is 0.405 e. The van der Waals surface area contributed by atoms with Gasteiger partial charge < -0.3 is 12.6 Å². The van der Waals surface area contributed by atoms with Gasteiger partial charge in [0.05, 0.1) is 0 Å². The van der Waals surface area contributed by atoms with Crippen LogP contribution in [0.3, 0.4) is 0 Å². The summed E-state index contributed by atoms with van der Waals surface area (Å²) in [6.07, 6.45) is 0. The van der Waals surface area contributed by atoms with Gasteiger partial charge in [-0.3, -0.25) is 0 Å². The Bertz CT molecular complexity index is 11.6. The molecule has 0 fully saturated rings. The molecule has 0 aliphatic carbocycles. The fourth-order valence-corrected chi connectivity index (χ4v) is 0. The second kappa shape index (κ2) is 6.00. The molecule has 0 saturated heterocycles. The van der Waals surface area contributed by atoms with E-state index in [-0.39, 0.29) is 51.4 Å². The second-order valence-electron chi connectivity index (χ2n) is 0.189. The Labute approximate surface area is 77.2 Å². The van der Waals surface area contributed by atoms with Crippen molar-refractivity contribution >= 4 is 0 Å². The van der Waals surface area contributed by atoms with E-state index in [1.165, 1.54) is 0 Å². The molecule has 0 spiro atoms. The normalized spacial score (nSPS) is 7.20. The summed E-state index contributed by atoms with van der Waals surface area (Å²) in [6, 6.07) is 0. The first-order valence-electron chi connectivity index (χ1n) is 0.463. The van der Waals surface area contributed by atoms with E-state index in [0.29, 0.717) is 0 Å². The Hall–Kier alpha value is 2.00. The maximum absolute atomic E-state index is 8.52. The van der Waals surface area contributed by atoms with Gasteiger partial charge >= 0.3 is 51.4 Å². The second-order valence-corrected chi connectivity index (χ2v) is 0.982. The molecule has 0 aromatic rings. The maximum atomic E-state index is 8.52. The van der Waals surface area contributed by atoms with E-state index in [0.717, 1.165) is 0 Å². The minimum absolute atomic E-state index is 0. The van der Waals surface area contributed by atoms with Crippen LogP contribution in [0, 0.1) is 14.8 Å². The maximum Gasteiger partial charge on any atom is 1.00 e. The molecule has 0 atom stereocenters. The van der Waals surface area contributed by atoms with Gasteiger partial charge in [0.1, 0.15) is 0 Å². The number of rotatable bonds is 0. The minimum atomic E-state index is -3.65. The SMILES string of the molecule is [K+].[O-][Br+2]([O-])[O-]. The summed E-state index contributed by atoms with van der Waals surface area (Å²) in [5.41, 5.74) is 0. The van der Waals surface area contributed by atoms with E-state index in [9.17, 15) is 0 Å². The van der Waals surface area contributed by atoms with Crippen LogP contribution >= 0.6 is 0 Å². The Balaban J connectivity index is 0. The Morgan fingerprint density at radius 2 is 1.00 bits per heavy atom. The number of hydrogen-bond donors (Lipinski definition) is 0. The van der Waals surface area contributed by atoms with Crippen LogP contribution in [0.25, 0.3) is 0 Å². The first-order chi connectivity index (χ1) is 1.73. The summed E-state index contributed by atoms with van der Waals surface area (Å²) in [5, 5.41) is 0. The zero-order chi connectivity index (χ0) is 3.58. The third-order valence-electron chi connectivity index (χ3n) is 0. The molecule has 0 rings (SSSR count). The zero-order valence-electron chi connectivity index (χ0n) is 2.60. The van der Waals surface area contributed by atoms with Gasteiger partial charge in [0.25, 0.3) is 0 Å². The third-order valence-corrected chi connectivity index (χ3v) is 0. The van der Waals surface area contributed by atoms with Gasteiger partial charge in [-0.25, -0.2) is 0 Å². The van der Waals surface area contributed by atoms with Crippen LogP contribution in [0.15, 0.2) is 0 Å². The van der Waals surface area contributed by atoms with Crippen molar-refractivity contribution < 1.29 is 78.8 Å².